The van der Waals surface area contributed by atoms with Crippen molar-refractivity contribution in [2.45, 2.75) is 44.1 Å². The Balaban J connectivity index is 1.77. The first kappa shape index (κ1) is 20.7. The smallest absolute Gasteiger partial charge is 0.221 e. The number of hydrogen-bond acceptors (Lipinski definition) is 6. The molecule has 1 unspecified atom stereocenters. The van der Waals surface area contributed by atoms with E-state index in [1.807, 2.05) is 23.6 Å². The van der Waals surface area contributed by atoms with E-state index in [4.69, 9.17) is 0 Å². The number of anilines is 1. The highest BCUT2D eigenvalue weighted by Crippen LogP contribution is 2.28. The maximum Gasteiger partial charge on any atom is 0.221 e. The molecule has 29 heavy (non-hydrogen) atoms. The minimum Gasteiger partial charge on any atom is -0.326 e. The number of Topliss-reactive ketones (excluding diaryl/α,β-unsaturated/α-hetero) is 1. The van der Waals surface area contributed by atoms with Crippen molar-refractivity contribution in [1.82, 2.24) is 19.7 Å². The van der Waals surface area contributed by atoms with Crippen molar-refractivity contribution in [2.75, 3.05) is 5.32 Å². The van der Waals surface area contributed by atoms with Crippen LogP contribution in [0.3, 0.4) is 0 Å². The van der Waals surface area contributed by atoms with Crippen LogP contribution < -0.4 is 5.32 Å². The van der Waals surface area contributed by atoms with Gasteiger partial charge in [0.2, 0.25) is 5.91 Å². The van der Waals surface area contributed by atoms with Gasteiger partial charge in [0.05, 0.1) is 5.25 Å². The molecule has 1 aromatic carbocycles. The molecule has 3 aromatic rings. The zero-order chi connectivity index (χ0) is 20.8. The van der Waals surface area contributed by atoms with Crippen molar-refractivity contribution >= 4 is 29.1 Å². The maximum atomic E-state index is 12.9. The van der Waals surface area contributed by atoms with Crippen LogP contribution in [0.4, 0.5) is 5.69 Å². The molecule has 0 saturated carbocycles. The van der Waals surface area contributed by atoms with Crippen LogP contribution in [-0.2, 0) is 11.3 Å². The largest absolute Gasteiger partial charge is 0.326 e. The SMILES string of the molecule is CCCn1c(SC(C)C(=O)c2ccc(NC(C)=O)cc2)nnc1-c1ccncc1. The second-order valence-corrected chi connectivity index (χ2v) is 7.88. The van der Waals surface area contributed by atoms with Crippen molar-refractivity contribution in [2.24, 2.45) is 0 Å². The molecule has 1 N–H and O–H groups in total. The Labute approximate surface area is 174 Å². The standard InChI is InChI=1S/C21H23N5O2S/c1-4-13-26-20(17-9-11-22-12-10-17)24-25-21(26)29-14(2)19(28)16-5-7-18(8-6-16)23-15(3)27/h5-12,14H,4,13H2,1-3H3,(H,23,27). The summed E-state index contributed by atoms with van der Waals surface area (Å²) in [5.41, 5.74) is 2.20. The van der Waals surface area contributed by atoms with Crippen LogP contribution in [0.5, 0.6) is 0 Å². The number of benzene rings is 1. The molecule has 8 heteroatoms. The van der Waals surface area contributed by atoms with E-state index in [1.165, 1.54) is 18.7 Å². The number of aromatic nitrogens is 4. The summed E-state index contributed by atoms with van der Waals surface area (Å²) in [6.07, 6.45) is 4.38. The van der Waals surface area contributed by atoms with Gasteiger partial charge in [-0.2, -0.15) is 0 Å². The molecular weight excluding hydrogens is 386 g/mol. The number of carbonyl (C=O) groups is 2. The van der Waals surface area contributed by atoms with Gasteiger partial charge >= 0.3 is 0 Å². The Morgan fingerprint density at radius 3 is 2.41 bits per heavy atom. The molecular formula is C21H23N5O2S. The molecule has 0 aliphatic heterocycles. The average Bonchev–Trinajstić information content (AvgIpc) is 3.11. The van der Waals surface area contributed by atoms with E-state index in [0.717, 1.165) is 29.5 Å². The number of ketones is 1. The third kappa shape index (κ3) is 5.08. The van der Waals surface area contributed by atoms with Gasteiger partial charge in [0.25, 0.3) is 0 Å². The summed E-state index contributed by atoms with van der Waals surface area (Å²) < 4.78 is 2.05. The van der Waals surface area contributed by atoms with Gasteiger partial charge in [0.1, 0.15) is 0 Å². The zero-order valence-electron chi connectivity index (χ0n) is 16.6. The summed E-state index contributed by atoms with van der Waals surface area (Å²) in [5.74, 6) is 0.630. The number of nitrogens with one attached hydrogen (secondary N) is 1. The molecule has 0 bridgehead atoms. The number of thioether (sulfide) groups is 1. The third-order valence-corrected chi connectivity index (χ3v) is 5.32. The lowest BCUT2D eigenvalue weighted by Gasteiger charge is -2.13. The highest BCUT2D eigenvalue weighted by molar-refractivity contribution is 8.00. The van der Waals surface area contributed by atoms with Crippen LogP contribution in [0, 0.1) is 0 Å². The van der Waals surface area contributed by atoms with Gasteiger partial charge in [-0.15, -0.1) is 10.2 Å². The van der Waals surface area contributed by atoms with Crippen molar-refractivity contribution in [3.8, 4) is 11.4 Å². The van der Waals surface area contributed by atoms with Crippen LogP contribution in [0.25, 0.3) is 11.4 Å². The molecule has 150 valence electrons. The first-order valence-electron chi connectivity index (χ1n) is 9.41. The summed E-state index contributed by atoms with van der Waals surface area (Å²) in [6.45, 7) is 6.17. The van der Waals surface area contributed by atoms with Gasteiger partial charge in [0, 0.05) is 42.7 Å². The molecule has 0 fully saturated rings. The number of carbonyl (C=O) groups excluding carboxylic acids is 2. The Morgan fingerprint density at radius 1 is 1.10 bits per heavy atom. The summed E-state index contributed by atoms with van der Waals surface area (Å²) in [6, 6.07) is 10.7. The zero-order valence-corrected chi connectivity index (χ0v) is 17.4. The molecule has 7 nitrogen and oxygen atoms in total. The van der Waals surface area contributed by atoms with Crippen LogP contribution in [0.2, 0.25) is 0 Å². The Kier molecular flexibility index (Phi) is 6.77. The molecule has 1 atom stereocenters. The maximum absolute atomic E-state index is 12.9. The van der Waals surface area contributed by atoms with E-state index < -0.39 is 0 Å². The van der Waals surface area contributed by atoms with Crippen molar-refractivity contribution in [3.63, 3.8) is 0 Å². The molecule has 2 aromatic heterocycles. The van der Waals surface area contributed by atoms with Gasteiger partial charge in [-0.1, -0.05) is 18.7 Å². The van der Waals surface area contributed by atoms with Gasteiger partial charge in [-0.3, -0.25) is 14.6 Å². The number of hydrogen-bond donors (Lipinski definition) is 1. The summed E-state index contributed by atoms with van der Waals surface area (Å²) in [5, 5.41) is 11.8. The normalized spacial score (nSPS) is 11.8. The van der Waals surface area contributed by atoms with Crippen molar-refractivity contribution in [1.29, 1.82) is 0 Å². The van der Waals surface area contributed by atoms with E-state index in [9.17, 15) is 9.59 Å². The molecule has 0 aliphatic rings. The molecule has 3 rings (SSSR count). The highest BCUT2D eigenvalue weighted by atomic mass is 32.2. The third-order valence-electron chi connectivity index (χ3n) is 4.24. The van der Waals surface area contributed by atoms with Crippen LogP contribution in [0.1, 0.15) is 37.6 Å². The Hall–Kier alpha value is -3.00. The van der Waals surface area contributed by atoms with Crippen molar-refractivity contribution < 1.29 is 9.59 Å². The summed E-state index contributed by atoms with van der Waals surface area (Å²) in [4.78, 5) is 28.0. The lowest BCUT2D eigenvalue weighted by atomic mass is 10.1. The van der Waals surface area contributed by atoms with Gasteiger partial charge in [-0.05, 0) is 49.7 Å². The van der Waals surface area contributed by atoms with Crippen molar-refractivity contribution in [3.05, 3.63) is 54.4 Å². The molecule has 2 heterocycles. The fraction of sp³-hybridized carbons (Fsp3) is 0.286. The van der Waals surface area contributed by atoms with E-state index in [1.54, 1.807) is 36.7 Å². The van der Waals surface area contributed by atoms with E-state index in [0.29, 0.717) is 11.3 Å². The molecule has 0 saturated heterocycles. The van der Waals surface area contributed by atoms with Gasteiger partial charge in [-0.25, -0.2) is 0 Å². The second-order valence-electron chi connectivity index (χ2n) is 6.58. The Bertz CT molecular complexity index is 986. The summed E-state index contributed by atoms with van der Waals surface area (Å²) in [7, 11) is 0. The number of pyridine rings is 1. The van der Waals surface area contributed by atoms with Gasteiger partial charge in [0.15, 0.2) is 16.8 Å². The quantitative estimate of drug-likeness (QED) is 0.445. The number of amides is 1. The average molecular weight is 410 g/mol. The van der Waals surface area contributed by atoms with E-state index in [-0.39, 0.29) is 16.9 Å². The first-order valence-corrected chi connectivity index (χ1v) is 10.3. The highest BCUT2D eigenvalue weighted by Gasteiger charge is 2.21. The van der Waals surface area contributed by atoms with E-state index in [2.05, 4.69) is 27.4 Å². The summed E-state index contributed by atoms with van der Waals surface area (Å²) >= 11 is 1.40. The Morgan fingerprint density at radius 2 is 1.79 bits per heavy atom. The molecule has 0 aliphatic carbocycles. The monoisotopic (exact) mass is 409 g/mol. The fourth-order valence-corrected chi connectivity index (χ4v) is 3.84. The number of rotatable bonds is 8. The minimum atomic E-state index is -0.327. The number of nitrogens with zero attached hydrogens (tertiary/aromatic N) is 4. The minimum absolute atomic E-state index is 0.000819. The lowest BCUT2D eigenvalue weighted by molar-refractivity contribution is -0.114. The first-order chi connectivity index (χ1) is 14.0. The predicted molar refractivity (Wildman–Crippen MR) is 114 cm³/mol. The van der Waals surface area contributed by atoms with Crippen LogP contribution in [-0.4, -0.2) is 36.7 Å². The topological polar surface area (TPSA) is 89.8 Å². The fourth-order valence-electron chi connectivity index (χ4n) is 2.88. The van der Waals surface area contributed by atoms with E-state index >= 15 is 0 Å². The molecule has 0 spiro atoms. The molecule has 0 radical (unpaired) electrons. The van der Waals surface area contributed by atoms with Crippen LogP contribution in [0.15, 0.2) is 53.9 Å². The lowest BCUT2D eigenvalue weighted by Crippen LogP contribution is -2.15. The van der Waals surface area contributed by atoms with Crippen LogP contribution >= 0.6 is 11.8 Å². The second kappa shape index (κ2) is 9.47. The molecule has 1 amide bonds. The predicted octanol–water partition coefficient (Wildman–Crippen LogP) is 4.07. The van der Waals surface area contributed by atoms with Gasteiger partial charge < -0.3 is 9.88 Å².